The molecule has 2 aromatic carbocycles. The van der Waals surface area contributed by atoms with Gasteiger partial charge in [0, 0.05) is 27.6 Å². The zero-order valence-electron chi connectivity index (χ0n) is 12.5. The fourth-order valence-electron chi connectivity index (χ4n) is 2.60. The van der Waals surface area contributed by atoms with Crippen LogP contribution in [0.5, 0.6) is 0 Å². The monoisotopic (exact) mass is 449 g/mol. The first-order valence-corrected chi connectivity index (χ1v) is 10.2. The van der Waals surface area contributed by atoms with E-state index in [2.05, 4.69) is 15.9 Å². The van der Waals surface area contributed by atoms with E-state index < -0.39 is 16.1 Å². The molecule has 1 aliphatic heterocycles. The number of ether oxygens (including phenoxy) is 1. The third-order valence-electron chi connectivity index (χ3n) is 3.74. The van der Waals surface area contributed by atoms with Gasteiger partial charge in [0.25, 0.3) is 0 Å². The number of nitrogens with zero attached hydrogens (tertiary/aromatic N) is 1. The van der Waals surface area contributed by atoms with Gasteiger partial charge in [-0.25, -0.2) is 8.42 Å². The summed E-state index contributed by atoms with van der Waals surface area (Å²) in [6.07, 6.45) is -0.410. The third-order valence-corrected chi connectivity index (χ3v) is 7.05. The number of benzene rings is 2. The summed E-state index contributed by atoms with van der Waals surface area (Å²) in [6, 6.07) is 11.9. The Morgan fingerprint density at radius 3 is 2.46 bits per heavy atom. The van der Waals surface area contributed by atoms with Crippen molar-refractivity contribution in [2.75, 3.05) is 19.7 Å². The molecule has 1 fully saturated rings. The maximum Gasteiger partial charge on any atom is 0.244 e. The first-order valence-electron chi connectivity index (χ1n) is 7.20. The van der Waals surface area contributed by atoms with Crippen LogP contribution in [-0.2, 0) is 14.8 Å². The number of morpholine rings is 1. The van der Waals surface area contributed by atoms with Gasteiger partial charge in [-0.05, 0) is 51.8 Å². The number of hydrogen-bond acceptors (Lipinski definition) is 3. The minimum absolute atomic E-state index is 0.209. The second-order valence-electron chi connectivity index (χ2n) is 5.36. The lowest BCUT2D eigenvalue weighted by atomic mass is 10.1. The first kappa shape index (κ1) is 18.2. The van der Waals surface area contributed by atoms with E-state index in [1.807, 2.05) is 0 Å². The minimum Gasteiger partial charge on any atom is -0.371 e. The molecule has 0 amide bonds. The Bertz CT molecular complexity index is 840. The maximum absolute atomic E-state index is 12.9. The molecule has 1 saturated heterocycles. The molecule has 4 nitrogen and oxygen atoms in total. The molecular weight excluding hydrogens is 437 g/mol. The molecule has 1 atom stereocenters. The molecule has 1 heterocycles. The first-order chi connectivity index (χ1) is 11.4. The quantitative estimate of drug-likeness (QED) is 0.690. The van der Waals surface area contributed by atoms with Crippen molar-refractivity contribution >= 4 is 49.2 Å². The van der Waals surface area contributed by atoms with Crippen molar-refractivity contribution in [3.8, 4) is 0 Å². The lowest BCUT2D eigenvalue weighted by molar-refractivity contribution is -0.00255. The number of rotatable bonds is 3. The second kappa shape index (κ2) is 7.32. The van der Waals surface area contributed by atoms with Crippen molar-refractivity contribution in [1.82, 2.24) is 4.31 Å². The van der Waals surface area contributed by atoms with Crippen LogP contribution in [0.15, 0.2) is 51.8 Å². The maximum atomic E-state index is 12.9. The average molecular weight is 451 g/mol. The highest BCUT2D eigenvalue weighted by Gasteiger charge is 2.32. The van der Waals surface area contributed by atoms with E-state index >= 15 is 0 Å². The Hall–Kier alpha value is -0.630. The van der Waals surface area contributed by atoms with Crippen LogP contribution in [0.4, 0.5) is 0 Å². The number of halogens is 3. The van der Waals surface area contributed by atoms with Crippen LogP contribution in [0.1, 0.15) is 11.7 Å². The molecule has 0 unspecified atom stereocenters. The molecule has 0 N–H and O–H groups in total. The van der Waals surface area contributed by atoms with E-state index in [4.69, 9.17) is 27.9 Å². The molecule has 2 aromatic rings. The Labute approximate surface area is 159 Å². The van der Waals surface area contributed by atoms with Gasteiger partial charge in [-0.1, -0.05) is 35.3 Å². The van der Waals surface area contributed by atoms with Gasteiger partial charge in [0.2, 0.25) is 10.0 Å². The zero-order valence-corrected chi connectivity index (χ0v) is 16.4. The fraction of sp³-hybridized carbons (Fsp3) is 0.250. The summed E-state index contributed by atoms with van der Waals surface area (Å²) in [6.45, 7) is 0.813. The molecule has 0 spiro atoms. The Morgan fingerprint density at radius 2 is 1.79 bits per heavy atom. The molecule has 128 valence electrons. The molecule has 8 heteroatoms. The SMILES string of the molecule is O=S(=O)(c1ccccc1Br)N1CCO[C@H](c2cc(Cl)cc(Cl)c2)C1. The van der Waals surface area contributed by atoms with E-state index in [1.54, 1.807) is 42.5 Å². The zero-order chi connectivity index (χ0) is 17.3. The molecule has 0 aromatic heterocycles. The van der Waals surface area contributed by atoms with Crippen LogP contribution >= 0.6 is 39.1 Å². The topological polar surface area (TPSA) is 46.6 Å². The molecular formula is C16H14BrCl2NO3S. The van der Waals surface area contributed by atoms with Crippen molar-refractivity contribution in [3.05, 3.63) is 62.5 Å². The summed E-state index contributed by atoms with van der Waals surface area (Å²) in [5.41, 5.74) is 0.763. The predicted molar refractivity (Wildman–Crippen MR) is 98.1 cm³/mol. The van der Waals surface area contributed by atoms with Gasteiger partial charge in [0.15, 0.2) is 0 Å². The second-order valence-corrected chi connectivity index (χ2v) is 8.99. The van der Waals surface area contributed by atoms with Crippen LogP contribution in [-0.4, -0.2) is 32.4 Å². The molecule has 3 rings (SSSR count). The van der Waals surface area contributed by atoms with E-state index in [9.17, 15) is 8.42 Å². The van der Waals surface area contributed by atoms with Crippen molar-refractivity contribution in [3.63, 3.8) is 0 Å². The standard InChI is InChI=1S/C16H14BrCl2NO3S/c17-14-3-1-2-4-16(14)24(21,22)20-5-6-23-15(10-20)11-7-12(18)9-13(19)8-11/h1-4,7-9,15H,5-6,10H2/t15-/m0/s1. The summed E-state index contributed by atoms with van der Waals surface area (Å²) in [5, 5.41) is 0.985. The Morgan fingerprint density at radius 1 is 1.12 bits per heavy atom. The van der Waals surface area contributed by atoms with Crippen LogP contribution in [0.3, 0.4) is 0 Å². The van der Waals surface area contributed by atoms with Gasteiger partial charge in [0.1, 0.15) is 0 Å². The summed E-state index contributed by atoms with van der Waals surface area (Å²) in [7, 11) is -3.61. The van der Waals surface area contributed by atoms with Gasteiger partial charge in [-0.15, -0.1) is 0 Å². The van der Waals surface area contributed by atoms with Gasteiger partial charge < -0.3 is 4.74 Å². The van der Waals surface area contributed by atoms with E-state index in [-0.39, 0.29) is 11.4 Å². The number of hydrogen-bond donors (Lipinski definition) is 0. The summed E-state index contributed by atoms with van der Waals surface area (Å²) >= 11 is 15.4. The van der Waals surface area contributed by atoms with Crippen molar-refractivity contribution in [2.45, 2.75) is 11.0 Å². The van der Waals surface area contributed by atoms with Gasteiger partial charge >= 0.3 is 0 Å². The normalized spacial score (nSPS) is 19.4. The largest absolute Gasteiger partial charge is 0.371 e. The summed E-state index contributed by atoms with van der Waals surface area (Å²) in [4.78, 5) is 0.245. The number of sulfonamides is 1. The van der Waals surface area contributed by atoms with E-state index in [1.165, 1.54) is 4.31 Å². The minimum atomic E-state index is -3.61. The predicted octanol–water partition coefficient (Wildman–Crippen LogP) is 4.52. The van der Waals surface area contributed by atoms with Gasteiger partial charge in [-0.2, -0.15) is 4.31 Å². The van der Waals surface area contributed by atoms with Crippen molar-refractivity contribution in [1.29, 1.82) is 0 Å². The molecule has 1 aliphatic rings. The third kappa shape index (κ3) is 3.79. The Kier molecular flexibility index (Phi) is 5.54. The highest BCUT2D eigenvalue weighted by atomic mass is 79.9. The molecule has 0 radical (unpaired) electrons. The van der Waals surface area contributed by atoms with E-state index in [0.717, 1.165) is 5.56 Å². The Balaban J connectivity index is 1.89. The smallest absolute Gasteiger partial charge is 0.244 e. The van der Waals surface area contributed by atoms with Crippen LogP contribution in [0.2, 0.25) is 10.0 Å². The highest BCUT2D eigenvalue weighted by molar-refractivity contribution is 9.10. The van der Waals surface area contributed by atoms with Crippen LogP contribution in [0.25, 0.3) is 0 Å². The molecule has 0 bridgehead atoms. The van der Waals surface area contributed by atoms with Crippen LogP contribution < -0.4 is 0 Å². The summed E-state index contributed by atoms with van der Waals surface area (Å²) in [5.74, 6) is 0. The lowest BCUT2D eigenvalue weighted by Crippen LogP contribution is -2.42. The molecule has 24 heavy (non-hydrogen) atoms. The van der Waals surface area contributed by atoms with Gasteiger partial charge in [0.05, 0.1) is 17.6 Å². The van der Waals surface area contributed by atoms with E-state index in [0.29, 0.717) is 27.7 Å². The van der Waals surface area contributed by atoms with Crippen molar-refractivity contribution in [2.24, 2.45) is 0 Å². The molecule has 0 saturated carbocycles. The highest BCUT2D eigenvalue weighted by Crippen LogP contribution is 2.31. The van der Waals surface area contributed by atoms with Crippen molar-refractivity contribution < 1.29 is 13.2 Å². The fourth-order valence-corrected chi connectivity index (χ4v) is 5.53. The average Bonchev–Trinajstić information content (AvgIpc) is 2.54. The summed E-state index contributed by atoms with van der Waals surface area (Å²) < 4.78 is 33.5. The lowest BCUT2D eigenvalue weighted by Gasteiger charge is -2.32. The van der Waals surface area contributed by atoms with Crippen LogP contribution in [0, 0.1) is 0 Å². The molecule has 0 aliphatic carbocycles. The van der Waals surface area contributed by atoms with Gasteiger partial charge in [-0.3, -0.25) is 0 Å².